The van der Waals surface area contributed by atoms with E-state index in [4.69, 9.17) is 16.3 Å². The van der Waals surface area contributed by atoms with Gasteiger partial charge in [0.1, 0.15) is 10.7 Å². The maximum Gasteiger partial charge on any atom is 0.413 e. The van der Waals surface area contributed by atoms with Crippen LogP contribution >= 0.6 is 22.9 Å². The van der Waals surface area contributed by atoms with Gasteiger partial charge in [0, 0.05) is 29.2 Å². The highest BCUT2D eigenvalue weighted by molar-refractivity contribution is 7.20. The number of thiazole rings is 1. The molecule has 170 valence electrons. The molecule has 2 N–H and O–H groups in total. The van der Waals surface area contributed by atoms with Gasteiger partial charge in [-0.25, -0.2) is 9.78 Å². The van der Waals surface area contributed by atoms with E-state index < -0.39 is 12.0 Å². The molecule has 3 aromatic rings. The summed E-state index contributed by atoms with van der Waals surface area (Å²) < 4.78 is 4.91. The van der Waals surface area contributed by atoms with Gasteiger partial charge in [-0.1, -0.05) is 53.3 Å². The van der Waals surface area contributed by atoms with E-state index in [0.29, 0.717) is 26.5 Å². The number of anilines is 3. The highest BCUT2D eigenvalue weighted by Crippen LogP contribution is 2.37. The van der Waals surface area contributed by atoms with Gasteiger partial charge in [-0.3, -0.25) is 14.9 Å². The van der Waals surface area contributed by atoms with Crippen molar-refractivity contribution in [2.24, 2.45) is 5.92 Å². The minimum atomic E-state index is -0.622. The van der Waals surface area contributed by atoms with Gasteiger partial charge in [-0.05, 0) is 31.2 Å². The molecule has 10 heteroatoms. The van der Waals surface area contributed by atoms with Crippen molar-refractivity contribution in [3.05, 3.63) is 59.6 Å². The fraction of sp³-hybridized carbons (Fsp3) is 0.217. The average Bonchev–Trinajstić information content (AvgIpc) is 3.38. The molecule has 33 heavy (non-hydrogen) atoms. The van der Waals surface area contributed by atoms with Gasteiger partial charge in [-0.15, -0.1) is 0 Å². The average molecular weight is 485 g/mol. The Kier molecular flexibility index (Phi) is 6.90. The standard InChI is InChI=1S/C23H21ClN4O4S/c1-2-32-23(31)27-22-25-19(14-6-4-3-5-7-14)21(33-22)26-20(30)15-12-18(29)28(13-15)17-10-8-16(24)9-11-17/h3-11,15H,2,12-13H2,1H3,(H,26,30)(H,25,27,31). The fourth-order valence-corrected chi connectivity index (χ4v) is 4.47. The summed E-state index contributed by atoms with van der Waals surface area (Å²) in [7, 11) is 0. The van der Waals surface area contributed by atoms with Crippen LogP contribution < -0.4 is 15.5 Å². The van der Waals surface area contributed by atoms with Crippen molar-refractivity contribution in [1.82, 2.24) is 4.98 Å². The number of rotatable bonds is 6. The molecule has 0 spiro atoms. The van der Waals surface area contributed by atoms with Crippen molar-refractivity contribution in [3.63, 3.8) is 0 Å². The smallest absolute Gasteiger partial charge is 0.413 e. The summed E-state index contributed by atoms with van der Waals surface area (Å²) in [5.41, 5.74) is 2.01. The van der Waals surface area contributed by atoms with Crippen molar-refractivity contribution in [3.8, 4) is 11.3 Å². The van der Waals surface area contributed by atoms with Crippen LogP contribution in [0.15, 0.2) is 54.6 Å². The van der Waals surface area contributed by atoms with Crippen LogP contribution in [0.5, 0.6) is 0 Å². The van der Waals surface area contributed by atoms with Gasteiger partial charge in [0.05, 0.1) is 12.5 Å². The first kappa shape index (κ1) is 22.8. The van der Waals surface area contributed by atoms with Crippen LogP contribution in [-0.4, -0.2) is 36.0 Å². The second-order valence-corrected chi connectivity index (χ2v) is 8.71. The Morgan fingerprint density at radius 3 is 2.58 bits per heavy atom. The van der Waals surface area contributed by atoms with Crippen LogP contribution in [0.25, 0.3) is 11.3 Å². The summed E-state index contributed by atoms with van der Waals surface area (Å²) in [5, 5.41) is 6.84. The molecule has 2 aromatic carbocycles. The molecule has 8 nitrogen and oxygen atoms in total. The fourth-order valence-electron chi connectivity index (χ4n) is 3.47. The van der Waals surface area contributed by atoms with Crippen molar-refractivity contribution in [1.29, 1.82) is 0 Å². The Morgan fingerprint density at radius 2 is 1.88 bits per heavy atom. The SMILES string of the molecule is CCOC(=O)Nc1nc(-c2ccccc2)c(NC(=O)C2CC(=O)N(c3ccc(Cl)cc3)C2)s1. The number of halogens is 1. The van der Waals surface area contributed by atoms with Crippen LogP contribution in [0.4, 0.5) is 20.6 Å². The number of hydrogen-bond acceptors (Lipinski definition) is 6. The van der Waals surface area contributed by atoms with Crippen LogP contribution in [0.1, 0.15) is 13.3 Å². The number of nitrogens with one attached hydrogen (secondary N) is 2. The lowest BCUT2D eigenvalue weighted by atomic mass is 10.1. The maximum atomic E-state index is 13.1. The lowest BCUT2D eigenvalue weighted by Crippen LogP contribution is -2.28. The molecule has 0 radical (unpaired) electrons. The number of carbonyl (C=O) groups is 3. The number of ether oxygens (including phenoxy) is 1. The first-order valence-corrected chi connectivity index (χ1v) is 11.5. The van der Waals surface area contributed by atoms with Crippen molar-refractivity contribution >= 4 is 56.7 Å². The normalized spacial score (nSPS) is 15.4. The molecule has 2 heterocycles. The minimum Gasteiger partial charge on any atom is -0.450 e. The Labute approximate surface area is 199 Å². The number of benzene rings is 2. The van der Waals surface area contributed by atoms with E-state index in [0.717, 1.165) is 16.9 Å². The number of hydrogen-bond donors (Lipinski definition) is 2. The monoisotopic (exact) mass is 484 g/mol. The van der Waals surface area contributed by atoms with Gasteiger partial charge >= 0.3 is 6.09 Å². The topological polar surface area (TPSA) is 101 Å². The molecule has 0 aliphatic carbocycles. The molecule has 0 bridgehead atoms. The van der Waals surface area contributed by atoms with E-state index in [1.165, 1.54) is 0 Å². The molecule has 1 aliphatic heterocycles. The van der Waals surface area contributed by atoms with Crippen LogP contribution in [0, 0.1) is 5.92 Å². The first-order chi connectivity index (χ1) is 15.9. The predicted molar refractivity (Wildman–Crippen MR) is 129 cm³/mol. The summed E-state index contributed by atoms with van der Waals surface area (Å²) in [6, 6.07) is 16.2. The molecule has 0 saturated carbocycles. The second kappa shape index (κ2) is 10.0. The lowest BCUT2D eigenvalue weighted by Gasteiger charge is -2.16. The Morgan fingerprint density at radius 1 is 1.15 bits per heavy atom. The number of carbonyl (C=O) groups excluding carboxylic acids is 3. The highest BCUT2D eigenvalue weighted by atomic mass is 35.5. The third-order valence-electron chi connectivity index (χ3n) is 5.03. The van der Waals surface area contributed by atoms with Crippen LogP contribution in [0.3, 0.4) is 0 Å². The maximum absolute atomic E-state index is 13.1. The summed E-state index contributed by atoms with van der Waals surface area (Å²) in [6.07, 6.45) is -0.522. The van der Waals surface area contributed by atoms with Gasteiger partial charge in [0.2, 0.25) is 11.8 Å². The zero-order valence-electron chi connectivity index (χ0n) is 17.7. The van der Waals surface area contributed by atoms with Gasteiger partial charge < -0.3 is 15.0 Å². The van der Waals surface area contributed by atoms with Crippen molar-refractivity contribution in [2.45, 2.75) is 13.3 Å². The van der Waals surface area contributed by atoms with Gasteiger partial charge in [0.25, 0.3) is 0 Å². The molecular formula is C23H21ClN4O4S. The molecule has 1 fully saturated rings. The van der Waals surface area contributed by atoms with Crippen molar-refractivity contribution in [2.75, 3.05) is 28.7 Å². The van der Waals surface area contributed by atoms with E-state index >= 15 is 0 Å². The first-order valence-electron chi connectivity index (χ1n) is 10.3. The Balaban J connectivity index is 1.53. The minimum absolute atomic E-state index is 0.0991. The Hall–Kier alpha value is -3.43. The molecule has 1 atom stereocenters. The number of nitrogens with zero attached hydrogens (tertiary/aromatic N) is 2. The quantitative estimate of drug-likeness (QED) is 0.511. The van der Waals surface area contributed by atoms with E-state index in [-0.39, 0.29) is 31.4 Å². The third kappa shape index (κ3) is 5.32. The molecular weight excluding hydrogens is 464 g/mol. The highest BCUT2D eigenvalue weighted by Gasteiger charge is 2.35. The van der Waals surface area contributed by atoms with Gasteiger partial charge in [0.15, 0.2) is 5.13 Å². The largest absolute Gasteiger partial charge is 0.450 e. The van der Waals surface area contributed by atoms with E-state index in [2.05, 4.69) is 15.6 Å². The van der Waals surface area contributed by atoms with E-state index in [1.807, 2.05) is 30.3 Å². The van der Waals surface area contributed by atoms with E-state index in [1.54, 1.807) is 36.1 Å². The van der Waals surface area contributed by atoms with Crippen molar-refractivity contribution < 1.29 is 19.1 Å². The van der Waals surface area contributed by atoms with Crippen LogP contribution in [0.2, 0.25) is 5.02 Å². The predicted octanol–water partition coefficient (Wildman–Crippen LogP) is 5.02. The second-order valence-electron chi connectivity index (χ2n) is 7.28. The third-order valence-corrected chi connectivity index (χ3v) is 6.17. The lowest BCUT2D eigenvalue weighted by molar-refractivity contribution is -0.122. The molecule has 1 aliphatic rings. The van der Waals surface area contributed by atoms with Crippen LogP contribution in [-0.2, 0) is 14.3 Å². The molecule has 4 rings (SSSR count). The summed E-state index contributed by atoms with van der Waals surface area (Å²) >= 11 is 7.06. The molecule has 1 aromatic heterocycles. The number of aromatic nitrogens is 1. The Bertz CT molecular complexity index is 1170. The zero-order valence-corrected chi connectivity index (χ0v) is 19.3. The molecule has 1 saturated heterocycles. The molecule has 3 amide bonds. The summed E-state index contributed by atoms with van der Waals surface area (Å²) in [6.45, 7) is 2.20. The summed E-state index contributed by atoms with van der Waals surface area (Å²) in [4.78, 5) is 43.5. The number of amides is 3. The molecule has 1 unspecified atom stereocenters. The van der Waals surface area contributed by atoms with E-state index in [9.17, 15) is 14.4 Å². The zero-order chi connectivity index (χ0) is 23.4. The summed E-state index contributed by atoms with van der Waals surface area (Å²) in [5.74, 6) is -0.946. The van der Waals surface area contributed by atoms with Gasteiger partial charge in [-0.2, -0.15) is 0 Å².